The van der Waals surface area contributed by atoms with Crippen LogP contribution in [0.3, 0.4) is 0 Å². The molecule has 0 radical (unpaired) electrons. The number of para-hydroxylation sites is 1. The van der Waals surface area contributed by atoms with Gasteiger partial charge in [0.25, 0.3) is 0 Å². The highest BCUT2D eigenvalue weighted by atomic mass is 16.5. The predicted octanol–water partition coefficient (Wildman–Crippen LogP) is 2.73. The summed E-state index contributed by atoms with van der Waals surface area (Å²) in [5.74, 6) is 1.88. The van der Waals surface area contributed by atoms with Gasteiger partial charge in [0, 0.05) is 50.1 Å². The lowest BCUT2D eigenvalue weighted by Crippen LogP contribution is -2.40. The Morgan fingerprint density at radius 1 is 1.20 bits per heavy atom. The van der Waals surface area contributed by atoms with Crippen LogP contribution in [0.2, 0.25) is 0 Å². The fraction of sp³-hybridized carbons (Fsp3) is 0.522. The maximum absolute atomic E-state index is 12.7. The van der Waals surface area contributed by atoms with E-state index >= 15 is 0 Å². The number of hydrogen-bond donors (Lipinski definition) is 1. The number of piperidine rings is 1. The Morgan fingerprint density at radius 2 is 1.97 bits per heavy atom. The van der Waals surface area contributed by atoms with E-state index in [0.29, 0.717) is 13.2 Å². The SMILES string of the molecule is CCN(CC)CCOc1ccccc1CNC(=O)C1CCN(c2cnccn2)CC1. The first-order valence-electron chi connectivity index (χ1n) is 10.9. The molecule has 1 aromatic heterocycles. The lowest BCUT2D eigenvalue weighted by atomic mass is 9.96. The minimum absolute atomic E-state index is 0.0358. The highest BCUT2D eigenvalue weighted by Crippen LogP contribution is 2.22. The molecule has 1 amide bonds. The number of carbonyl (C=O) groups excluding carboxylic acids is 1. The van der Waals surface area contributed by atoms with Crippen LogP contribution in [0.1, 0.15) is 32.3 Å². The largest absolute Gasteiger partial charge is 0.492 e. The van der Waals surface area contributed by atoms with Gasteiger partial charge in [-0.1, -0.05) is 32.0 Å². The molecular weight excluding hydrogens is 378 g/mol. The maximum atomic E-state index is 12.7. The first-order chi connectivity index (χ1) is 14.7. The molecule has 1 aromatic carbocycles. The molecule has 1 aliphatic heterocycles. The summed E-state index contributed by atoms with van der Waals surface area (Å²) in [5.41, 5.74) is 1.02. The Kier molecular flexibility index (Phi) is 8.44. The van der Waals surface area contributed by atoms with Gasteiger partial charge in [-0.15, -0.1) is 0 Å². The van der Waals surface area contributed by atoms with Crippen LogP contribution in [-0.4, -0.2) is 60.1 Å². The van der Waals surface area contributed by atoms with Crippen molar-refractivity contribution >= 4 is 11.7 Å². The number of likely N-dealkylation sites (N-methyl/N-ethyl adjacent to an activating group) is 1. The first-order valence-corrected chi connectivity index (χ1v) is 10.9. The van der Waals surface area contributed by atoms with Crippen LogP contribution in [0.5, 0.6) is 5.75 Å². The fourth-order valence-corrected chi connectivity index (χ4v) is 3.77. The van der Waals surface area contributed by atoms with Crippen molar-refractivity contribution in [1.82, 2.24) is 20.2 Å². The average molecular weight is 412 g/mol. The van der Waals surface area contributed by atoms with Crippen LogP contribution in [0.4, 0.5) is 5.82 Å². The molecule has 0 atom stereocenters. The highest BCUT2D eigenvalue weighted by molar-refractivity contribution is 5.79. The van der Waals surface area contributed by atoms with Crippen LogP contribution in [0, 0.1) is 5.92 Å². The Hall–Kier alpha value is -2.67. The van der Waals surface area contributed by atoms with Gasteiger partial charge < -0.3 is 19.9 Å². The molecule has 0 spiro atoms. The number of ether oxygens (including phenoxy) is 1. The van der Waals surface area contributed by atoms with Gasteiger partial charge in [-0.25, -0.2) is 4.98 Å². The third kappa shape index (κ3) is 6.16. The zero-order valence-electron chi connectivity index (χ0n) is 18.1. The van der Waals surface area contributed by atoms with Crippen molar-refractivity contribution in [2.45, 2.75) is 33.2 Å². The maximum Gasteiger partial charge on any atom is 0.223 e. The minimum Gasteiger partial charge on any atom is -0.492 e. The number of anilines is 1. The van der Waals surface area contributed by atoms with E-state index in [1.165, 1.54) is 0 Å². The summed E-state index contributed by atoms with van der Waals surface area (Å²) in [4.78, 5) is 25.7. The molecule has 0 saturated carbocycles. The molecule has 30 heavy (non-hydrogen) atoms. The van der Waals surface area contributed by atoms with Crippen molar-refractivity contribution in [3.8, 4) is 5.75 Å². The minimum atomic E-state index is 0.0358. The number of hydrogen-bond acceptors (Lipinski definition) is 6. The molecule has 1 N–H and O–H groups in total. The van der Waals surface area contributed by atoms with E-state index < -0.39 is 0 Å². The lowest BCUT2D eigenvalue weighted by Gasteiger charge is -2.31. The zero-order valence-corrected chi connectivity index (χ0v) is 18.1. The van der Waals surface area contributed by atoms with Crippen molar-refractivity contribution in [2.24, 2.45) is 5.92 Å². The van der Waals surface area contributed by atoms with Crippen LogP contribution < -0.4 is 15.0 Å². The Bertz CT molecular complexity index is 774. The molecule has 162 valence electrons. The zero-order chi connectivity index (χ0) is 21.2. The molecule has 1 fully saturated rings. The summed E-state index contributed by atoms with van der Waals surface area (Å²) < 4.78 is 6.00. The molecular formula is C23H33N5O2. The molecule has 0 bridgehead atoms. The van der Waals surface area contributed by atoms with Crippen molar-refractivity contribution < 1.29 is 9.53 Å². The van der Waals surface area contributed by atoms with E-state index in [9.17, 15) is 4.79 Å². The predicted molar refractivity (Wildman–Crippen MR) is 119 cm³/mol. The summed E-state index contributed by atoms with van der Waals surface area (Å²) in [7, 11) is 0. The third-order valence-electron chi connectivity index (χ3n) is 5.72. The molecule has 0 aliphatic carbocycles. The van der Waals surface area contributed by atoms with Gasteiger partial charge in [0.2, 0.25) is 5.91 Å². The number of nitrogens with zero attached hydrogens (tertiary/aromatic N) is 4. The van der Waals surface area contributed by atoms with Crippen molar-refractivity contribution in [3.63, 3.8) is 0 Å². The van der Waals surface area contributed by atoms with Gasteiger partial charge >= 0.3 is 0 Å². The number of carbonyl (C=O) groups is 1. The van der Waals surface area contributed by atoms with Crippen LogP contribution in [0.15, 0.2) is 42.9 Å². The number of rotatable bonds is 10. The van der Waals surface area contributed by atoms with E-state index in [0.717, 1.165) is 62.7 Å². The molecule has 2 aromatic rings. The van der Waals surface area contributed by atoms with Crippen molar-refractivity contribution in [3.05, 3.63) is 48.4 Å². The van der Waals surface area contributed by atoms with E-state index in [2.05, 4.69) is 38.9 Å². The molecule has 2 heterocycles. The Labute approximate surface area is 179 Å². The first kappa shape index (κ1) is 22.0. The summed E-state index contributed by atoms with van der Waals surface area (Å²) in [6.45, 7) is 10.0. The van der Waals surface area contributed by atoms with Crippen LogP contribution in [0.25, 0.3) is 0 Å². The van der Waals surface area contributed by atoms with Crippen LogP contribution >= 0.6 is 0 Å². The second kappa shape index (κ2) is 11.5. The monoisotopic (exact) mass is 411 g/mol. The average Bonchev–Trinajstić information content (AvgIpc) is 2.81. The van der Waals surface area contributed by atoms with E-state index in [1.807, 2.05) is 24.3 Å². The topological polar surface area (TPSA) is 70.6 Å². The summed E-state index contributed by atoms with van der Waals surface area (Å²) in [6.07, 6.45) is 6.80. The second-order valence-corrected chi connectivity index (χ2v) is 7.53. The van der Waals surface area contributed by atoms with Gasteiger partial charge in [-0.05, 0) is 32.0 Å². The highest BCUT2D eigenvalue weighted by Gasteiger charge is 2.25. The van der Waals surface area contributed by atoms with Gasteiger partial charge in [-0.3, -0.25) is 9.78 Å². The summed E-state index contributed by atoms with van der Waals surface area (Å²) in [6, 6.07) is 7.95. The quantitative estimate of drug-likeness (QED) is 0.648. The number of aromatic nitrogens is 2. The molecule has 7 heteroatoms. The van der Waals surface area contributed by atoms with E-state index in [-0.39, 0.29) is 11.8 Å². The Balaban J connectivity index is 1.46. The van der Waals surface area contributed by atoms with Gasteiger partial charge in [-0.2, -0.15) is 0 Å². The van der Waals surface area contributed by atoms with Crippen molar-refractivity contribution in [2.75, 3.05) is 44.2 Å². The smallest absolute Gasteiger partial charge is 0.223 e. The summed E-state index contributed by atoms with van der Waals surface area (Å²) >= 11 is 0. The third-order valence-corrected chi connectivity index (χ3v) is 5.72. The number of amides is 1. The number of benzene rings is 1. The summed E-state index contributed by atoms with van der Waals surface area (Å²) in [5, 5.41) is 3.11. The molecule has 3 rings (SSSR count). The van der Waals surface area contributed by atoms with E-state index in [4.69, 9.17) is 4.74 Å². The fourth-order valence-electron chi connectivity index (χ4n) is 3.77. The van der Waals surface area contributed by atoms with Gasteiger partial charge in [0.15, 0.2) is 0 Å². The van der Waals surface area contributed by atoms with Crippen molar-refractivity contribution in [1.29, 1.82) is 0 Å². The molecule has 1 aliphatic rings. The van der Waals surface area contributed by atoms with Gasteiger partial charge in [0.1, 0.15) is 18.2 Å². The van der Waals surface area contributed by atoms with E-state index in [1.54, 1.807) is 18.6 Å². The molecule has 0 unspecified atom stereocenters. The van der Waals surface area contributed by atoms with Crippen LogP contribution in [-0.2, 0) is 11.3 Å². The molecule has 1 saturated heterocycles. The molecule has 7 nitrogen and oxygen atoms in total. The lowest BCUT2D eigenvalue weighted by molar-refractivity contribution is -0.125. The Morgan fingerprint density at radius 3 is 2.67 bits per heavy atom. The number of nitrogens with one attached hydrogen (secondary N) is 1. The van der Waals surface area contributed by atoms with Gasteiger partial charge in [0.05, 0.1) is 6.20 Å². The standard InChI is InChI=1S/C23H33N5O2/c1-3-27(4-2)15-16-30-21-8-6-5-7-20(21)17-26-23(29)19-9-13-28(14-10-19)22-18-24-11-12-25-22/h5-8,11-12,18-19H,3-4,9-10,13-17H2,1-2H3,(H,26,29). The second-order valence-electron chi connectivity index (χ2n) is 7.53. The normalized spacial score (nSPS) is 14.7.